The summed E-state index contributed by atoms with van der Waals surface area (Å²) in [6.07, 6.45) is 10.4. The van der Waals surface area contributed by atoms with Crippen LogP contribution in [0.2, 0.25) is 0 Å². The van der Waals surface area contributed by atoms with E-state index in [9.17, 15) is 19.5 Å². The topological polar surface area (TPSA) is 91.7 Å². The average molecular weight is 352 g/mol. The van der Waals surface area contributed by atoms with Crippen molar-refractivity contribution in [1.29, 1.82) is 0 Å². The molecular formula is C20H32O5. The van der Waals surface area contributed by atoms with Crippen LogP contribution in [0, 0.1) is 11.8 Å². The summed E-state index contributed by atoms with van der Waals surface area (Å²) in [5.74, 6) is -1.11. The Kier molecular flexibility index (Phi) is 10.3. The Morgan fingerprint density at radius 2 is 1.76 bits per heavy atom. The zero-order chi connectivity index (χ0) is 18.7. The molecule has 5 nitrogen and oxygen atoms in total. The summed E-state index contributed by atoms with van der Waals surface area (Å²) in [5.41, 5.74) is 0. The molecule has 1 aliphatic rings. The number of hydrogen-bond donors (Lipinski definition) is 2. The Morgan fingerprint density at radius 3 is 2.44 bits per heavy atom. The highest BCUT2D eigenvalue weighted by Crippen LogP contribution is 2.34. The molecule has 0 aromatic rings. The highest BCUT2D eigenvalue weighted by atomic mass is 16.4. The lowest BCUT2D eigenvalue weighted by Gasteiger charge is -2.17. The van der Waals surface area contributed by atoms with E-state index in [0.717, 1.165) is 38.5 Å². The number of aliphatic carboxylic acids is 1. The van der Waals surface area contributed by atoms with E-state index in [1.165, 1.54) is 0 Å². The zero-order valence-corrected chi connectivity index (χ0v) is 15.3. The van der Waals surface area contributed by atoms with Crippen LogP contribution in [0.25, 0.3) is 0 Å². The molecule has 3 atom stereocenters. The minimum absolute atomic E-state index is 0.0624. The maximum Gasteiger partial charge on any atom is 0.303 e. The largest absolute Gasteiger partial charge is 0.481 e. The quantitative estimate of drug-likeness (QED) is 0.390. The summed E-state index contributed by atoms with van der Waals surface area (Å²) >= 11 is 0. The van der Waals surface area contributed by atoms with Crippen LogP contribution < -0.4 is 0 Å². The van der Waals surface area contributed by atoms with E-state index >= 15 is 0 Å². The molecule has 0 aliphatic heterocycles. The molecule has 1 saturated carbocycles. The molecular weight excluding hydrogens is 320 g/mol. The van der Waals surface area contributed by atoms with Gasteiger partial charge in [0, 0.05) is 31.1 Å². The summed E-state index contributed by atoms with van der Waals surface area (Å²) in [6.45, 7) is 2.09. The Balaban J connectivity index is 2.40. The fraction of sp³-hybridized carbons (Fsp3) is 0.750. The van der Waals surface area contributed by atoms with Crippen molar-refractivity contribution in [1.82, 2.24) is 0 Å². The second-order valence-corrected chi connectivity index (χ2v) is 7.05. The normalized spacial score (nSPS) is 23.4. The van der Waals surface area contributed by atoms with Gasteiger partial charge in [-0.15, -0.1) is 0 Å². The number of Topliss-reactive ketones (excluding diaryl/α,β-unsaturated/α-hetero) is 1. The third-order valence-corrected chi connectivity index (χ3v) is 4.92. The monoisotopic (exact) mass is 352 g/mol. The van der Waals surface area contributed by atoms with Crippen molar-refractivity contribution in [3.05, 3.63) is 12.2 Å². The molecule has 0 bridgehead atoms. The first-order valence-corrected chi connectivity index (χ1v) is 9.59. The Bertz CT molecular complexity index is 469. The molecule has 5 heteroatoms. The van der Waals surface area contributed by atoms with Crippen LogP contribution in [-0.4, -0.2) is 33.9 Å². The summed E-state index contributed by atoms with van der Waals surface area (Å²) < 4.78 is 0. The van der Waals surface area contributed by atoms with E-state index in [1.54, 1.807) is 12.2 Å². The second kappa shape index (κ2) is 12.0. The van der Waals surface area contributed by atoms with Crippen molar-refractivity contribution in [2.24, 2.45) is 11.8 Å². The van der Waals surface area contributed by atoms with E-state index in [2.05, 4.69) is 6.92 Å². The number of aliphatic hydroxyl groups is 1. The number of carboxylic acid groups (broad SMARTS) is 1. The number of carbonyl (C=O) groups is 3. The van der Waals surface area contributed by atoms with Gasteiger partial charge in [-0.2, -0.15) is 0 Å². The lowest BCUT2D eigenvalue weighted by molar-refractivity contribution is -0.137. The molecule has 1 aliphatic carbocycles. The molecule has 142 valence electrons. The van der Waals surface area contributed by atoms with E-state index in [-0.39, 0.29) is 36.2 Å². The second-order valence-electron chi connectivity index (χ2n) is 7.05. The molecule has 0 radical (unpaired) electrons. The lowest BCUT2D eigenvalue weighted by Crippen LogP contribution is -2.19. The van der Waals surface area contributed by atoms with E-state index < -0.39 is 12.1 Å². The van der Waals surface area contributed by atoms with Gasteiger partial charge in [0.15, 0.2) is 5.78 Å². The predicted octanol–water partition coefficient (Wildman–Crippen LogP) is 3.68. The molecule has 0 unspecified atom stereocenters. The Labute approximate surface area is 150 Å². The number of unbranched alkanes of at least 4 members (excludes halogenated alkanes) is 5. The van der Waals surface area contributed by atoms with Crippen molar-refractivity contribution in [2.45, 2.75) is 83.7 Å². The van der Waals surface area contributed by atoms with E-state index in [1.807, 2.05) is 0 Å². The number of carbonyl (C=O) groups excluding carboxylic acids is 2. The van der Waals surface area contributed by atoms with Crippen molar-refractivity contribution in [3.8, 4) is 0 Å². The van der Waals surface area contributed by atoms with Crippen molar-refractivity contribution < 1.29 is 24.6 Å². The molecule has 2 N–H and O–H groups in total. The molecule has 0 aromatic heterocycles. The number of allylic oxidation sites excluding steroid dienone is 1. The van der Waals surface area contributed by atoms with Crippen LogP contribution in [0.15, 0.2) is 12.2 Å². The summed E-state index contributed by atoms with van der Waals surface area (Å²) in [7, 11) is 0. The summed E-state index contributed by atoms with van der Waals surface area (Å²) in [4.78, 5) is 34.4. The van der Waals surface area contributed by atoms with Gasteiger partial charge < -0.3 is 10.2 Å². The van der Waals surface area contributed by atoms with Gasteiger partial charge in [0.1, 0.15) is 5.78 Å². The zero-order valence-electron chi connectivity index (χ0n) is 15.3. The summed E-state index contributed by atoms with van der Waals surface area (Å²) in [5, 5.41) is 18.7. The van der Waals surface area contributed by atoms with Gasteiger partial charge >= 0.3 is 5.97 Å². The van der Waals surface area contributed by atoms with Crippen molar-refractivity contribution in [3.63, 3.8) is 0 Å². The van der Waals surface area contributed by atoms with Gasteiger partial charge in [-0.05, 0) is 25.3 Å². The fourth-order valence-corrected chi connectivity index (χ4v) is 3.44. The van der Waals surface area contributed by atoms with Crippen LogP contribution in [-0.2, 0) is 14.4 Å². The third-order valence-electron chi connectivity index (χ3n) is 4.92. The van der Waals surface area contributed by atoms with Crippen LogP contribution in [0.3, 0.4) is 0 Å². The van der Waals surface area contributed by atoms with Gasteiger partial charge in [0.05, 0.1) is 6.10 Å². The molecule has 0 amide bonds. The van der Waals surface area contributed by atoms with E-state index in [4.69, 9.17) is 5.11 Å². The molecule has 0 aromatic carbocycles. The average Bonchev–Trinajstić information content (AvgIpc) is 2.82. The van der Waals surface area contributed by atoms with Crippen LogP contribution in [0.5, 0.6) is 0 Å². The number of aliphatic hydroxyl groups excluding tert-OH is 1. The fourth-order valence-electron chi connectivity index (χ4n) is 3.44. The minimum atomic E-state index is -0.775. The maximum absolute atomic E-state index is 12.1. The molecule has 0 heterocycles. The first-order valence-electron chi connectivity index (χ1n) is 9.59. The van der Waals surface area contributed by atoms with Gasteiger partial charge in [0.2, 0.25) is 0 Å². The first kappa shape index (κ1) is 21.6. The van der Waals surface area contributed by atoms with Crippen LogP contribution in [0.1, 0.15) is 77.6 Å². The number of ketones is 2. The minimum Gasteiger partial charge on any atom is -0.481 e. The first-order chi connectivity index (χ1) is 12.0. The SMILES string of the molecule is CCCCCC(=O)C=C[C@H]1[C@H](O)CC(=O)[C@H]1CCCCCCC(=O)O. The molecule has 0 saturated heterocycles. The molecule has 0 spiro atoms. The number of rotatable bonds is 13. The van der Waals surface area contributed by atoms with Gasteiger partial charge in [-0.1, -0.05) is 45.1 Å². The lowest BCUT2D eigenvalue weighted by atomic mass is 9.88. The summed E-state index contributed by atoms with van der Waals surface area (Å²) in [6, 6.07) is 0. The predicted molar refractivity (Wildman–Crippen MR) is 96.2 cm³/mol. The van der Waals surface area contributed by atoms with Gasteiger partial charge in [-0.25, -0.2) is 0 Å². The molecule has 1 fully saturated rings. The molecule has 1 rings (SSSR count). The standard InChI is InChI=1S/C20H32O5/c1-2-3-6-9-15(21)12-13-17-16(18(22)14-19(17)23)10-7-4-5-8-11-20(24)25/h12-13,16-17,19,23H,2-11,14H2,1H3,(H,24,25)/t16-,17+,19+/m0/s1. The third kappa shape index (κ3) is 8.43. The Morgan fingerprint density at radius 1 is 1.08 bits per heavy atom. The van der Waals surface area contributed by atoms with Crippen LogP contribution >= 0.6 is 0 Å². The Hall–Kier alpha value is -1.49. The number of carboxylic acids is 1. The smallest absolute Gasteiger partial charge is 0.303 e. The number of hydrogen-bond acceptors (Lipinski definition) is 4. The van der Waals surface area contributed by atoms with E-state index in [0.29, 0.717) is 19.3 Å². The van der Waals surface area contributed by atoms with Crippen molar-refractivity contribution in [2.75, 3.05) is 0 Å². The van der Waals surface area contributed by atoms with Gasteiger partial charge in [0.25, 0.3) is 0 Å². The highest BCUT2D eigenvalue weighted by Gasteiger charge is 2.39. The molecule has 25 heavy (non-hydrogen) atoms. The van der Waals surface area contributed by atoms with Crippen LogP contribution in [0.4, 0.5) is 0 Å². The highest BCUT2D eigenvalue weighted by molar-refractivity contribution is 5.90. The van der Waals surface area contributed by atoms with Gasteiger partial charge in [-0.3, -0.25) is 14.4 Å². The van der Waals surface area contributed by atoms with Crippen molar-refractivity contribution >= 4 is 17.5 Å². The maximum atomic E-state index is 12.1.